The van der Waals surface area contributed by atoms with Crippen LogP contribution in [0.2, 0.25) is 0 Å². The van der Waals surface area contributed by atoms with E-state index in [9.17, 15) is 18.0 Å². The van der Waals surface area contributed by atoms with E-state index in [1.807, 2.05) is 0 Å². The van der Waals surface area contributed by atoms with E-state index in [1.54, 1.807) is 0 Å². The van der Waals surface area contributed by atoms with Crippen molar-refractivity contribution in [3.05, 3.63) is 29.6 Å². The summed E-state index contributed by atoms with van der Waals surface area (Å²) in [7, 11) is 0. The summed E-state index contributed by atoms with van der Waals surface area (Å²) in [6.07, 6.45) is 0. The first-order valence-electron chi connectivity index (χ1n) is 3.45. The van der Waals surface area contributed by atoms with Gasteiger partial charge in [0.2, 0.25) is 0 Å². The summed E-state index contributed by atoms with van der Waals surface area (Å²) in [5.41, 5.74) is -0.496. The zero-order valence-corrected chi connectivity index (χ0v) is 7.39. The molecule has 0 heterocycles. The minimum Gasteiger partial charge on any atom is -0.432 e. The van der Waals surface area contributed by atoms with Crippen LogP contribution in [0.4, 0.5) is 13.2 Å². The third-order valence-corrected chi connectivity index (χ3v) is 1.59. The molecule has 0 radical (unpaired) electrons. The van der Waals surface area contributed by atoms with Gasteiger partial charge in [0.15, 0.2) is 11.6 Å². The molecule has 0 amide bonds. The van der Waals surface area contributed by atoms with Crippen molar-refractivity contribution in [2.45, 2.75) is 6.61 Å². The Morgan fingerprint density at radius 2 is 2.07 bits per heavy atom. The third-order valence-electron chi connectivity index (χ3n) is 1.39. The molecule has 0 unspecified atom stereocenters. The SMILES string of the molecule is O=C(Cl)c1cccc(OC(F)F)c1F. The van der Waals surface area contributed by atoms with Crippen LogP contribution in [0.15, 0.2) is 18.2 Å². The van der Waals surface area contributed by atoms with Gasteiger partial charge in [-0.15, -0.1) is 0 Å². The van der Waals surface area contributed by atoms with Crippen molar-refractivity contribution in [3.63, 3.8) is 0 Å². The lowest BCUT2D eigenvalue weighted by Gasteiger charge is -2.06. The van der Waals surface area contributed by atoms with E-state index in [2.05, 4.69) is 4.74 Å². The van der Waals surface area contributed by atoms with E-state index < -0.39 is 29.0 Å². The van der Waals surface area contributed by atoms with Gasteiger partial charge < -0.3 is 4.74 Å². The zero-order valence-electron chi connectivity index (χ0n) is 6.64. The van der Waals surface area contributed by atoms with Crippen LogP contribution >= 0.6 is 11.6 Å². The number of hydrogen-bond acceptors (Lipinski definition) is 2. The minimum absolute atomic E-state index is 0.496. The molecular weight excluding hydrogens is 221 g/mol. The summed E-state index contributed by atoms with van der Waals surface area (Å²) in [6.45, 7) is -3.15. The van der Waals surface area contributed by atoms with Gasteiger partial charge in [-0.1, -0.05) is 6.07 Å². The Kier molecular flexibility index (Phi) is 3.35. The summed E-state index contributed by atoms with van der Waals surface area (Å²) in [5, 5.41) is -1.07. The fraction of sp³-hybridized carbons (Fsp3) is 0.125. The Bertz CT molecular complexity index is 354. The predicted molar refractivity (Wildman–Crippen MR) is 43.2 cm³/mol. The second kappa shape index (κ2) is 4.32. The second-order valence-electron chi connectivity index (χ2n) is 2.27. The van der Waals surface area contributed by atoms with Crippen molar-refractivity contribution in [2.24, 2.45) is 0 Å². The first-order valence-corrected chi connectivity index (χ1v) is 3.83. The van der Waals surface area contributed by atoms with Crippen LogP contribution in [0.5, 0.6) is 5.75 Å². The lowest BCUT2D eigenvalue weighted by atomic mass is 10.2. The summed E-state index contributed by atoms with van der Waals surface area (Å²) < 4.78 is 40.4. The maximum absolute atomic E-state index is 13.1. The van der Waals surface area contributed by atoms with E-state index in [4.69, 9.17) is 11.6 Å². The summed E-state index contributed by atoms with van der Waals surface area (Å²) in [4.78, 5) is 10.6. The Labute approximate surface area is 82.2 Å². The molecule has 0 aliphatic rings. The quantitative estimate of drug-likeness (QED) is 0.738. The van der Waals surface area contributed by atoms with Crippen LogP contribution in [0.1, 0.15) is 10.4 Å². The van der Waals surface area contributed by atoms with Gasteiger partial charge in [-0.3, -0.25) is 4.79 Å². The molecule has 14 heavy (non-hydrogen) atoms. The van der Waals surface area contributed by atoms with Crippen molar-refractivity contribution >= 4 is 16.8 Å². The molecule has 0 bridgehead atoms. The number of alkyl halides is 2. The summed E-state index contributed by atoms with van der Waals surface area (Å²) in [6, 6.07) is 3.24. The highest BCUT2D eigenvalue weighted by Crippen LogP contribution is 2.23. The third kappa shape index (κ3) is 2.38. The largest absolute Gasteiger partial charge is 0.432 e. The van der Waals surface area contributed by atoms with Crippen molar-refractivity contribution in [2.75, 3.05) is 0 Å². The van der Waals surface area contributed by atoms with Crippen molar-refractivity contribution in [1.29, 1.82) is 0 Å². The Balaban J connectivity index is 3.07. The van der Waals surface area contributed by atoms with Gasteiger partial charge in [0.25, 0.3) is 5.24 Å². The maximum atomic E-state index is 13.1. The van der Waals surface area contributed by atoms with Crippen molar-refractivity contribution in [1.82, 2.24) is 0 Å². The van der Waals surface area contributed by atoms with E-state index in [-0.39, 0.29) is 0 Å². The Morgan fingerprint density at radius 3 is 2.57 bits per heavy atom. The van der Waals surface area contributed by atoms with Crippen molar-refractivity contribution < 1.29 is 22.7 Å². The normalized spacial score (nSPS) is 10.4. The average Bonchev–Trinajstić information content (AvgIpc) is 2.07. The van der Waals surface area contributed by atoms with Crippen LogP contribution in [-0.2, 0) is 0 Å². The van der Waals surface area contributed by atoms with Gasteiger partial charge in [0, 0.05) is 0 Å². The molecule has 1 rings (SSSR count). The Morgan fingerprint density at radius 1 is 1.43 bits per heavy atom. The predicted octanol–water partition coefficient (Wildman–Crippen LogP) is 2.81. The van der Waals surface area contributed by atoms with Gasteiger partial charge in [-0.05, 0) is 23.7 Å². The molecule has 1 aromatic carbocycles. The molecule has 0 saturated carbocycles. The molecular formula is C8H4ClF3O2. The molecule has 0 fully saturated rings. The number of hydrogen-bond donors (Lipinski definition) is 0. The summed E-state index contributed by atoms with van der Waals surface area (Å²) in [5.74, 6) is -1.89. The van der Waals surface area contributed by atoms with Crippen LogP contribution in [0.25, 0.3) is 0 Å². The van der Waals surface area contributed by atoms with E-state index >= 15 is 0 Å². The van der Waals surface area contributed by atoms with E-state index in [0.29, 0.717) is 0 Å². The maximum Gasteiger partial charge on any atom is 0.387 e. The number of benzene rings is 1. The molecule has 1 aromatic rings. The molecule has 0 N–H and O–H groups in total. The molecule has 0 aromatic heterocycles. The molecule has 0 aliphatic carbocycles. The standard InChI is InChI=1S/C8H4ClF3O2/c9-7(13)4-2-1-3-5(6(4)10)14-8(11)12/h1-3,8H. The smallest absolute Gasteiger partial charge is 0.387 e. The minimum atomic E-state index is -3.15. The molecule has 2 nitrogen and oxygen atoms in total. The monoisotopic (exact) mass is 224 g/mol. The number of ether oxygens (including phenoxy) is 1. The highest BCUT2D eigenvalue weighted by Gasteiger charge is 2.16. The second-order valence-corrected chi connectivity index (χ2v) is 2.61. The average molecular weight is 225 g/mol. The molecule has 0 atom stereocenters. The highest BCUT2D eigenvalue weighted by atomic mass is 35.5. The number of carbonyl (C=O) groups is 1. The molecule has 0 spiro atoms. The zero-order chi connectivity index (χ0) is 10.7. The number of rotatable bonds is 3. The first-order chi connectivity index (χ1) is 6.52. The van der Waals surface area contributed by atoms with E-state index in [0.717, 1.165) is 12.1 Å². The van der Waals surface area contributed by atoms with Crippen LogP contribution in [-0.4, -0.2) is 11.9 Å². The van der Waals surface area contributed by atoms with E-state index in [1.165, 1.54) is 6.07 Å². The fourth-order valence-corrected chi connectivity index (χ4v) is 0.996. The van der Waals surface area contributed by atoms with Crippen molar-refractivity contribution in [3.8, 4) is 5.75 Å². The van der Waals surface area contributed by atoms with Crippen LogP contribution in [0, 0.1) is 5.82 Å². The van der Waals surface area contributed by atoms with Gasteiger partial charge in [0.05, 0.1) is 5.56 Å². The highest BCUT2D eigenvalue weighted by molar-refractivity contribution is 6.67. The van der Waals surface area contributed by atoms with Gasteiger partial charge in [-0.25, -0.2) is 4.39 Å². The fourth-order valence-electron chi connectivity index (χ4n) is 0.850. The molecule has 6 heteroatoms. The van der Waals surface area contributed by atoms with Crippen LogP contribution in [0.3, 0.4) is 0 Å². The number of carbonyl (C=O) groups excluding carboxylic acids is 1. The lowest BCUT2D eigenvalue weighted by Crippen LogP contribution is -2.05. The molecule has 0 aliphatic heterocycles. The summed E-state index contributed by atoms with van der Waals surface area (Å²) >= 11 is 5.00. The molecule has 76 valence electrons. The van der Waals surface area contributed by atoms with Gasteiger partial charge in [-0.2, -0.15) is 8.78 Å². The number of halogens is 4. The lowest BCUT2D eigenvalue weighted by molar-refractivity contribution is -0.0522. The topological polar surface area (TPSA) is 26.3 Å². The van der Waals surface area contributed by atoms with Crippen LogP contribution < -0.4 is 4.74 Å². The Hall–Kier alpha value is -1.23. The van der Waals surface area contributed by atoms with Gasteiger partial charge >= 0.3 is 6.61 Å². The van der Waals surface area contributed by atoms with Gasteiger partial charge in [0.1, 0.15) is 0 Å². The molecule has 0 saturated heterocycles. The first kappa shape index (κ1) is 10.8.